The number of nitrogens with zero attached hydrogens (tertiary/aromatic N) is 1. The van der Waals surface area contributed by atoms with Crippen LogP contribution in [0.1, 0.15) is 6.92 Å². The van der Waals surface area contributed by atoms with Crippen molar-refractivity contribution < 1.29 is 17.6 Å². The lowest BCUT2D eigenvalue weighted by Gasteiger charge is -2.21. The van der Waals surface area contributed by atoms with E-state index in [0.29, 0.717) is 0 Å². The Kier molecular flexibility index (Phi) is 3.97. The summed E-state index contributed by atoms with van der Waals surface area (Å²) in [6.07, 6.45) is -3.33. The standard InChI is InChI=1S/C8H11F4N/c1-6(9)4-7(2)13(3)5-8(10,11)12/h4H,1,5H2,2-3H3/b7-4+. The molecule has 13 heavy (non-hydrogen) atoms. The predicted molar refractivity (Wildman–Crippen MR) is 42.7 cm³/mol. The molecule has 76 valence electrons. The minimum absolute atomic E-state index is 0.185. The summed E-state index contributed by atoms with van der Waals surface area (Å²) >= 11 is 0. The van der Waals surface area contributed by atoms with Crippen LogP contribution in [0.25, 0.3) is 0 Å². The van der Waals surface area contributed by atoms with Crippen molar-refractivity contribution in [2.24, 2.45) is 0 Å². The van der Waals surface area contributed by atoms with E-state index in [0.717, 1.165) is 11.0 Å². The maximum absolute atomic E-state index is 12.2. The van der Waals surface area contributed by atoms with Gasteiger partial charge in [-0.1, -0.05) is 6.58 Å². The lowest BCUT2D eigenvalue weighted by Crippen LogP contribution is -2.29. The third-order valence-electron chi connectivity index (χ3n) is 1.38. The number of alkyl halides is 3. The molecule has 0 fully saturated rings. The first-order chi connectivity index (χ1) is 5.72. The summed E-state index contributed by atoms with van der Waals surface area (Å²) in [5, 5.41) is 0. The Hall–Kier alpha value is -1.00. The molecule has 5 heteroatoms. The van der Waals surface area contributed by atoms with Crippen molar-refractivity contribution >= 4 is 0 Å². The average molecular weight is 197 g/mol. The van der Waals surface area contributed by atoms with Crippen molar-refractivity contribution in [3.05, 3.63) is 24.2 Å². The highest BCUT2D eigenvalue weighted by Crippen LogP contribution is 2.18. The van der Waals surface area contributed by atoms with E-state index < -0.39 is 18.5 Å². The van der Waals surface area contributed by atoms with E-state index in [1.54, 1.807) is 0 Å². The molecule has 0 atom stereocenters. The third-order valence-corrected chi connectivity index (χ3v) is 1.38. The Morgan fingerprint density at radius 1 is 1.46 bits per heavy atom. The van der Waals surface area contributed by atoms with E-state index in [9.17, 15) is 17.6 Å². The van der Waals surface area contributed by atoms with Crippen LogP contribution in [0.3, 0.4) is 0 Å². The monoisotopic (exact) mass is 197 g/mol. The van der Waals surface area contributed by atoms with Gasteiger partial charge in [-0.2, -0.15) is 13.2 Å². The molecule has 0 N–H and O–H groups in total. The van der Waals surface area contributed by atoms with E-state index in [-0.39, 0.29) is 5.70 Å². The maximum Gasteiger partial charge on any atom is 0.405 e. The van der Waals surface area contributed by atoms with Gasteiger partial charge in [-0.05, 0) is 13.0 Å². The molecule has 0 radical (unpaired) electrons. The first kappa shape index (κ1) is 12.0. The van der Waals surface area contributed by atoms with Crippen molar-refractivity contribution in [3.63, 3.8) is 0 Å². The van der Waals surface area contributed by atoms with E-state index in [1.165, 1.54) is 14.0 Å². The van der Waals surface area contributed by atoms with Crippen LogP contribution < -0.4 is 0 Å². The van der Waals surface area contributed by atoms with Crippen LogP contribution in [0.15, 0.2) is 24.2 Å². The van der Waals surface area contributed by atoms with Gasteiger partial charge in [0.05, 0.1) is 0 Å². The fourth-order valence-electron chi connectivity index (χ4n) is 0.730. The number of hydrogen-bond donors (Lipinski definition) is 0. The van der Waals surface area contributed by atoms with Crippen LogP contribution in [0, 0.1) is 0 Å². The second-order valence-corrected chi connectivity index (χ2v) is 2.70. The molecule has 0 aromatic carbocycles. The van der Waals surface area contributed by atoms with E-state index in [4.69, 9.17) is 0 Å². The molecule has 0 aromatic rings. The van der Waals surface area contributed by atoms with E-state index in [1.807, 2.05) is 0 Å². The van der Waals surface area contributed by atoms with E-state index >= 15 is 0 Å². The Morgan fingerprint density at radius 2 is 1.92 bits per heavy atom. The summed E-state index contributed by atoms with van der Waals surface area (Å²) in [6.45, 7) is 3.21. The SMILES string of the molecule is C=C(F)/C=C(\C)N(C)CC(F)(F)F. The van der Waals surface area contributed by atoms with E-state index in [2.05, 4.69) is 6.58 Å². The molecule has 0 rings (SSSR count). The summed E-state index contributed by atoms with van der Waals surface area (Å²) in [7, 11) is 1.24. The fraction of sp³-hybridized carbons (Fsp3) is 0.500. The van der Waals surface area contributed by atoms with Gasteiger partial charge in [0.25, 0.3) is 0 Å². The van der Waals surface area contributed by atoms with Gasteiger partial charge < -0.3 is 4.90 Å². The van der Waals surface area contributed by atoms with Crippen molar-refractivity contribution in [1.29, 1.82) is 0 Å². The predicted octanol–water partition coefficient (Wildman–Crippen LogP) is 2.87. The van der Waals surface area contributed by atoms with Crippen LogP contribution in [0.4, 0.5) is 17.6 Å². The lowest BCUT2D eigenvalue weighted by atomic mass is 10.3. The van der Waals surface area contributed by atoms with Gasteiger partial charge in [0, 0.05) is 12.7 Å². The highest BCUT2D eigenvalue weighted by Gasteiger charge is 2.29. The molecule has 1 nitrogen and oxygen atoms in total. The fourth-order valence-corrected chi connectivity index (χ4v) is 0.730. The summed E-state index contributed by atoms with van der Waals surface area (Å²) < 4.78 is 47.6. The van der Waals surface area contributed by atoms with Crippen LogP contribution >= 0.6 is 0 Å². The Bertz CT molecular complexity index is 217. The molecule has 0 aliphatic heterocycles. The van der Waals surface area contributed by atoms with Crippen molar-refractivity contribution in [1.82, 2.24) is 4.90 Å². The van der Waals surface area contributed by atoms with Crippen molar-refractivity contribution in [2.75, 3.05) is 13.6 Å². The number of halogens is 4. The Labute approximate surface area is 74.3 Å². The zero-order chi connectivity index (χ0) is 10.6. The van der Waals surface area contributed by atoms with Crippen LogP contribution in [0.2, 0.25) is 0 Å². The third kappa shape index (κ3) is 6.19. The topological polar surface area (TPSA) is 3.24 Å². The van der Waals surface area contributed by atoms with Gasteiger partial charge >= 0.3 is 6.18 Å². The van der Waals surface area contributed by atoms with Gasteiger partial charge in [0.1, 0.15) is 12.4 Å². The molecular weight excluding hydrogens is 186 g/mol. The summed E-state index contributed by atoms with van der Waals surface area (Å²) in [5.41, 5.74) is 0.185. The average Bonchev–Trinajstić information content (AvgIpc) is 1.81. The van der Waals surface area contributed by atoms with Gasteiger partial charge in [-0.3, -0.25) is 0 Å². The highest BCUT2D eigenvalue weighted by atomic mass is 19.4. The number of rotatable bonds is 3. The largest absolute Gasteiger partial charge is 0.405 e. The molecule has 0 unspecified atom stereocenters. The van der Waals surface area contributed by atoms with Crippen LogP contribution in [-0.2, 0) is 0 Å². The molecule has 0 amide bonds. The number of allylic oxidation sites excluding steroid dienone is 3. The summed E-state index contributed by atoms with van der Waals surface area (Å²) in [6, 6.07) is 0. The zero-order valence-electron chi connectivity index (χ0n) is 7.45. The van der Waals surface area contributed by atoms with Crippen LogP contribution in [-0.4, -0.2) is 24.7 Å². The van der Waals surface area contributed by atoms with Gasteiger partial charge in [0.15, 0.2) is 0 Å². The maximum atomic E-state index is 12.2. The highest BCUT2D eigenvalue weighted by molar-refractivity contribution is 5.12. The first-order valence-corrected chi connectivity index (χ1v) is 3.53. The zero-order valence-corrected chi connectivity index (χ0v) is 7.45. The minimum Gasteiger partial charge on any atom is -0.369 e. The van der Waals surface area contributed by atoms with Gasteiger partial charge in [0.2, 0.25) is 0 Å². The van der Waals surface area contributed by atoms with Gasteiger partial charge in [-0.15, -0.1) is 0 Å². The molecule has 0 aliphatic carbocycles. The van der Waals surface area contributed by atoms with Crippen molar-refractivity contribution in [3.8, 4) is 0 Å². The molecule has 0 spiro atoms. The van der Waals surface area contributed by atoms with Crippen molar-refractivity contribution in [2.45, 2.75) is 13.1 Å². The lowest BCUT2D eigenvalue weighted by molar-refractivity contribution is -0.139. The first-order valence-electron chi connectivity index (χ1n) is 3.53. The Balaban J connectivity index is 4.27. The summed E-state index contributed by atoms with van der Waals surface area (Å²) in [5.74, 6) is -0.758. The molecule has 0 aromatic heterocycles. The smallest absolute Gasteiger partial charge is 0.369 e. The minimum atomic E-state index is -4.28. The molecule has 0 saturated carbocycles. The molecule has 0 bridgehead atoms. The second-order valence-electron chi connectivity index (χ2n) is 2.70. The number of hydrogen-bond acceptors (Lipinski definition) is 1. The molecule has 0 saturated heterocycles. The quantitative estimate of drug-likeness (QED) is 0.496. The Morgan fingerprint density at radius 3 is 2.23 bits per heavy atom. The summed E-state index contributed by atoms with van der Waals surface area (Å²) in [4.78, 5) is 0.908. The second kappa shape index (κ2) is 4.30. The molecular formula is C8H11F4N. The normalized spacial score (nSPS) is 12.9. The van der Waals surface area contributed by atoms with Crippen LogP contribution in [0.5, 0.6) is 0 Å². The molecule has 0 aliphatic rings. The molecule has 0 heterocycles. The van der Waals surface area contributed by atoms with Gasteiger partial charge in [-0.25, -0.2) is 4.39 Å².